The first-order chi connectivity index (χ1) is 12.9. The third-order valence-electron chi connectivity index (χ3n) is 3.53. The number of halogens is 4. The van der Waals surface area contributed by atoms with Crippen molar-refractivity contribution in [1.29, 1.82) is 0 Å². The standard InChI is InChI=1S/C10H11ClO.C9H9NO.Al.3ClH/c11-7-6-10(12)8-9-4-2-1-3-5-9;11-9-6-5-7-3-1-2-4-8(7)10-9;;;;/h1-5H,6-8H2;1-4H,5-6H2,(H,10,11);;3*1H/q;;+3;;;/p-3. The maximum Gasteiger partial charge on any atom is 0.643 e. The molecule has 0 saturated carbocycles. The maximum absolute atomic E-state index is 11.1. The molecule has 1 amide bonds. The zero-order valence-corrected chi connectivity index (χ0v) is 18.8. The minimum absolute atomic E-state index is 0.128. The summed E-state index contributed by atoms with van der Waals surface area (Å²) < 4.78 is 0. The number of amides is 1. The molecule has 0 aromatic heterocycles. The van der Waals surface area contributed by atoms with Gasteiger partial charge in [0.05, 0.1) is 0 Å². The first-order valence-electron chi connectivity index (χ1n) is 8.34. The number of carbonyl (C=O) groups is 2. The van der Waals surface area contributed by atoms with Crippen molar-refractivity contribution in [2.75, 3.05) is 11.2 Å². The Morgan fingerprint density at radius 1 is 0.963 bits per heavy atom. The van der Waals surface area contributed by atoms with E-state index in [0.29, 0.717) is 25.1 Å². The van der Waals surface area contributed by atoms with Crippen molar-refractivity contribution >= 4 is 70.5 Å². The third-order valence-corrected chi connectivity index (χ3v) is 3.72. The first kappa shape index (κ1) is 24.3. The van der Waals surface area contributed by atoms with E-state index < -0.39 is 11.4 Å². The van der Waals surface area contributed by atoms with Gasteiger partial charge in [-0.3, -0.25) is 9.59 Å². The highest BCUT2D eigenvalue weighted by Crippen LogP contribution is 2.20. The molecule has 144 valence electrons. The van der Waals surface area contributed by atoms with Crippen molar-refractivity contribution in [1.82, 2.24) is 0 Å². The smallest absolute Gasteiger partial charge is 0.326 e. The second kappa shape index (κ2) is 14.3. The van der Waals surface area contributed by atoms with Crippen LogP contribution in [0.5, 0.6) is 0 Å². The Bertz CT molecular complexity index is 711. The largest absolute Gasteiger partial charge is 0.643 e. The average Bonchev–Trinajstić information content (AvgIpc) is 2.63. The number of anilines is 1. The molecule has 1 heterocycles. The van der Waals surface area contributed by atoms with Crippen LogP contribution in [0, 0.1) is 0 Å². The van der Waals surface area contributed by atoms with Gasteiger partial charge in [-0.25, -0.2) is 30.1 Å². The van der Waals surface area contributed by atoms with Crippen molar-refractivity contribution in [3.63, 3.8) is 0 Å². The van der Waals surface area contributed by atoms with E-state index in [9.17, 15) is 9.59 Å². The quantitative estimate of drug-likeness (QED) is 0.468. The lowest BCUT2D eigenvalue weighted by Gasteiger charge is -2.15. The number of hydrogen-bond acceptors (Lipinski definition) is 2. The molecule has 0 bridgehead atoms. The predicted octanol–water partition coefficient (Wildman–Crippen LogP) is 5.69. The van der Waals surface area contributed by atoms with Crippen molar-refractivity contribution < 1.29 is 9.59 Å². The number of para-hydroxylation sites is 1. The summed E-state index contributed by atoms with van der Waals surface area (Å²) >= 11 is 3.72. The Labute approximate surface area is 182 Å². The Balaban J connectivity index is 0.000000227. The highest BCUT2D eigenvalue weighted by atomic mass is 35.8. The van der Waals surface area contributed by atoms with Crippen LogP contribution >= 0.6 is 41.7 Å². The molecule has 0 unspecified atom stereocenters. The fourth-order valence-corrected chi connectivity index (χ4v) is 2.55. The van der Waals surface area contributed by atoms with Gasteiger partial charge >= 0.3 is 11.4 Å². The molecule has 2 aromatic rings. The van der Waals surface area contributed by atoms with Crippen LogP contribution < -0.4 is 5.32 Å². The van der Waals surface area contributed by atoms with Gasteiger partial charge < -0.3 is 5.32 Å². The molecule has 27 heavy (non-hydrogen) atoms. The second-order valence-corrected chi connectivity index (χ2v) is 12.4. The summed E-state index contributed by atoms with van der Waals surface area (Å²) in [4.78, 5) is 22.0. The molecule has 3 rings (SSSR count). The van der Waals surface area contributed by atoms with Gasteiger partial charge in [-0.1, -0.05) is 48.5 Å². The third kappa shape index (κ3) is 11.7. The molecule has 3 nitrogen and oxygen atoms in total. The summed E-state index contributed by atoms with van der Waals surface area (Å²) in [7, 11) is 14.8. The molecule has 2 aromatic carbocycles. The SMILES string of the molecule is O=C(CCCl)Cc1ccccc1.O=C1CCc2ccccc2N1.[Cl][Al]([Cl])[Cl]. The highest BCUT2D eigenvalue weighted by molar-refractivity contribution is 7.54. The molecular formula is C19H20AlCl4NO2. The van der Waals surface area contributed by atoms with Crippen LogP contribution in [0.3, 0.4) is 0 Å². The number of alkyl halides is 1. The van der Waals surface area contributed by atoms with E-state index in [1.165, 1.54) is 5.56 Å². The van der Waals surface area contributed by atoms with Crippen molar-refractivity contribution in [3.05, 3.63) is 65.7 Å². The van der Waals surface area contributed by atoms with E-state index in [1.807, 2.05) is 48.5 Å². The molecule has 1 N–H and O–H groups in total. The molecule has 0 atom stereocenters. The lowest BCUT2D eigenvalue weighted by atomic mass is 10.0. The average molecular weight is 463 g/mol. The van der Waals surface area contributed by atoms with Gasteiger partial charge in [0.2, 0.25) is 5.91 Å². The predicted molar refractivity (Wildman–Crippen MR) is 117 cm³/mol. The summed E-state index contributed by atoms with van der Waals surface area (Å²) in [5.74, 6) is 0.756. The number of benzene rings is 2. The molecule has 0 radical (unpaired) electrons. The fourth-order valence-electron chi connectivity index (χ4n) is 2.34. The molecule has 0 spiro atoms. The Morgan fingerprint density at radius 3 is 2.19 bits per heavy atom. The van der Waals surface area contributed by atoms with Gasteiger partial charge in [-0.05, 0) is 23.6 Å². The summed E-state index contributed by atoms with van der Waals surface area (Å²) in [5.41, 5.74) is 3.28. The van der Waals surface area contributed by atoms with Crippen molar-refractivity contribution in [3.8, 4) is 0 Å². The molecule has 0 saturated heterocycles. The Morgan fingerprint density at radius 2 is 1.56 bits per heavy atom. The number of ketones is 1. The van der Waals surface area contributed by atoms with Gasteiger partial charge in [0.25, 0.3) is 0 Å². The van der Waals surface area contributed by atoms with E-state index in [2.05, 4.69) is 11.4 Å². The summed E-state index contributed by atoms with van der Waals surface area (Å²) in [6, 6.07) is 17.6. The van der Waals surface area contributed by atoms with E-state index in [-0.39, 0.29) is 11.7 Å². The topological polar surface area (TPSA) is 46.2 Å². The summed E-state index contributed by atoms with van der Waals surface area (Å²) in [5, 5.41) is 2.82. The number of carbonyl (C=O) groups excluding carboxylic acids is 2. The monoisotopic (exact) mass is 461 g/mol. The zero-order chi connectivity index (χ0) is 20.1. The summed E-state index contributed by atoms with van der Waals surface area (Å²) in [6.07, 6.45) is 2.48. The lowest BCUT2D eigenvalue weighted by molar-refractivity contribution is -0.118. The number of fused-ring (bicyclic) bond motifs is 1. The van der Waals surface area contributed by atoms with Crippen LogP contribution in [0.25, 0.3) is 0 Å². The fraction of sp³-hybridized carbons (Fsp3) is 0.263. The van der Waals surface area contributed by atoms with E-state index in [4.69, 9.17) is 41.7 Å². The van der Waals surface area contributed by atoms with Crippen LogP contribution in [0.2, 0.25) is 0 Å². The van der Waals surface area contributed by atoms with Crippen LogP contribution in [0.1, 0.15) is 24.0 Å². The van der Waals surface area contributed by atoms with Crippen LogP contribution in [0.15, 0.2) is 54.6 Å². The number of hydrogen-bond donors (Lipinski definition) is 1. The van der Waals surface area contributed by atoms with E-state index in [0.717, 1.165) is 17.7 Å². The molecule has 8 heteroatoms. The minimum Gasteiger partial charge on any atom is -0.326 e. The van der Waals surface area contributed by atoms with Crippen LogP contribution in [-0.4, -0.2) is 29.0 Å². The van der Waals surface area contributed by atoms with Crippen molar-refractivity contribution in [2.24, 2.45) is 0 Å². The van der Waals surface area contributed by atoms with Gasteiger partial charge in [0.1, 0.15) is 5.78 Å². The van der Waals surface area contributed by atoms with E-state index >= 15 is 0 Å². The zero-order valence-electron chi connectivity index (χ0n) is 14.6. The number of aryl methyl sites for hydroxylation is 1. The van der Waals surface area contributed by atoms with Crippen molar-refractivity contribution in [2.45, 2.75) is 25.7 Å². The maximum atomic E-state index is 11.1. The number of rotatable bonds is 4. The second-order valence-electron chi connectivity index (χ2n) is 5.59. The molecule has 1 aliphatic rings. The lowest BCUT2D eigenvalue weighted by Crippen LogP contribution is -2.18. The molecule has 0 fully saturated rings. The minimum atomic E-state index is -1.72. The molecular weight excluding hydrogens is 443 g/mol. The Kier molecular flexibility index (Phi) is 12.9. The normalized spacial score (nSPS) is 11.6. The van der Waals surface area contributed by atoms with Gasteiger partial charge in [0.15, 0.2) is 0 Å². The molecule has 1 aliphatic heterocycles. The van der Waals surface area contributed by atoms with Crippen LogP contribution in [0.4, 0.5) is 5.69 Å². The first-order valence-corrected chi connectivity index (χ1v) is 14.1. The summed E-state index contributed by atoms with van der Waals surface area (Å²) in [6.45, 7) is 0. The van der Waals surface area contributed by atoms with Crippen LogP contribution in [-0.2, 0) is 22.4 Å². The highest BCUT2D eigenvalue weighted by Gasteiger charge is 2.12. The number of nitrogens with one attached hydrogen (secondary N) is 1. The Hall–Kier alpha value is -0.728. The van der Waals surface area contributed by atoms with Gasteiger partial charge in [-0.15, -0.1) is 11.6 Å². The number of Topliss-reactive ketones (excluding diaryl/α,β-unsaturated/α-hetero) is 1. The molecule has 0 aliphatic carbocycles. The van der Waals surface area contributed by atoms with E-state index in [1.54, 1.807) is 0 Å². The van der Waals surface area contributed by atoms with Gasteiger partial charge in [0, 0.05) is 30.8 Å². The van der Waals surface area contributed by atoms with Gasteiger partial charge in [-0.2, -0.15) is 0 Å².